The minimum atomic E-state index is -0.640. The third-order valence-electron chi connectivity index (χ3n) is 14.0. The molecule has 7 heteroatoms. The van der Waals surface area contributed by atoms with Crippen molar-refractivity contribution in [3.8, 4) is 23.0 Å². The Morgan fingerprint density at radius 2 is 0.638 bits per heavy atom. The van der Waals surface area contributed by atoms with E-state index < -0.39 is 21.7 Å². The summed E-state index contributed by atoms with van der Waals surface area (Å²) in [6, 6.07) is 47.3. The van der Waals surface area contributed by atoms with E-state index in [2.05, 4.69) is 164 Å². The Bertz CT molecular complexity index is 2630. The number of nitrogens with one attached hydrogen (secondary N) is 3. The van der Waals surface area contributed by atoms with E-state index in [1.807, 2.05) is 24.3 Å². The van der Waals surface area contributed by atoms with Gasteiger partial charge in [-0.15, -0.1) is 0 Å². The van der Waals surface area contributed by atoms with E-state index >= 15 is 0 Å². The summed E-state index contributed by atoms with van der Waals surface area (Å²) in [6.45, 7) is 9.46. The van der Waals surface area contributed by atoms with Gasteiger partial charge in [-0.25, -0.2) is 0 Å². The topological polar surface area (TPSA) is 84.3 Å². The molecule has 4 aliphatic rings. The van der Waals surface area contributed by atoms with Gasteiger partial charge in [0.1, 0.15) is 23.0 Å². The van der Waals surface area contributed by atoms with Crippen LogP contribution in [0.15, 0.2) is 157 Å². The summed E-state index contributed by atoms with van der Waals surface area (Å²) in [5.41, 5.74) is 11.1. The summed E-state index contributed by atoms with van der Waals surface area (Å²) in [6.07, 6.45) is 5.43. The van der Waals surface area contributed by atoms with Gasteiger partial charge in [-0.3, -0.25) is 0 Å². The second kappa shape index (κ2) is 12.4. The van der Waals surface area contributed by atoms with Crippen molar-refractivity contribution in [2.24, 2.45) is 0 Å². The third kappa shape index (κ3) is 4.92. The van der Waals surface area contributed by atoms with E-state index in [9.17, 15) is 0 Å². The molecule has 20 bridgehead atoms. The van der Waals surface area contributed by atoms with Crippen molar-refractivity contribution in [1.82, 2.24) is 15.0 Å². The van der Waals surface area contributed by atoms with Gasteiger partial charge in [0.15, 0.2) is 0 Å². The molecule has 7 nitrogen and oxygen atoms in total. The lowest BCUT2D eigenvalue weighted by molar-refractivity contribution is 0.119. The number of hydrogen-bond donors (Lipinski definition) is 3. The second-order valence-electron chi connectivity index (χ2n) is 16.8. The molecule has 1 aliphatic carbocycles. The van der Waals surface area contributed by atoms with Crippen LogP contribution in [0.2, 0.25) is 0 Å². The molecule has 3 aromatic heterocycles. The lowest BCUT2D eigenvalue weighted by Crippen LogP contribution is -2.32. The predicted molar refractivity (Wildman–Crippen MR) is 225 cm³/mol. The number of benzene rings is 4. The fraction of sp³-hybridized carbons (Fsp3) is 0.216. The Balaban J connectivity index is 1.24. The standard InChI is InChI=1S/C51H45N3O4/c1-48-32-9-5-13-38(26-32)55-30-57-40-15-7-11-34(28-40)50(3,44-21-19-42(48)52-44)46-23-24-47(54-46)51(4)35-12-8-16-41(29-35)58-31-56-39-14-6-10-33(27-39)49(2,37-18-17-36(48)25-37)43-20-22-45(51)53-43/h5-24,26-29,52-54H,25,30-31H2,1-4H3. The zero-order valence-corrected chi connectivity index (χ0v) is 33.1. The quantitative estimate of drug-likeness (QED) is 0.144. The van der Waals surface area contributed by atoms with Crippen LogP contribution >= 0.6 is 0 Å². The minimum Gasteiger partial charge on any atom is -0.457 e. The van der Waals surface area contributed by atoms with E-state index in [-0.39, 0.29) is 13.6 Å². The highest BCUT2D eigenvalue weighted by Gasteiger charge is 2.45. The van der Waals surface area contributed by atoms with E-state index in [1.165, 1.54) is 11.1 Å². The van der Waals surface area contributed by atoms with Gasteiger partial charge >= 0.3 is 0 Å². The van der Waals surface area contributed by atoms with Crippen LogP contribution in [-0.4, -0.2) is 28.5 Å². The van der Waals surface area contributed by atoms with Gasteiger partial charge in [0, 0.05) is 34.2 Å². The molecule has 0 saturated heterocycles. The van der Waals surface area contributed by atoms with E-state index in [0.29, 0.717) is 0 Å². The number of rotatable bonds is 0. The zero-order chi connectivity index (χ0) is 39.3. The van der Waals surface area contributed by atoms with Crippen LogP contribution in [0.1, 0.15) is 90.5 Å². The summed E-state index contributed by atoms with van der Waals surface area (Å²) in [7, 11) is 0. The molecule has 3 N–H and O–H groups in total. The minimum absolute atomic E-state index is 0.0878. The highest BCUT2D eigenvalue weighted by molar-refractivity contribution is 5.60. The van der Waals surface area contributed by atoms with Crippen LogP contribution in [0.3, 0.4) is 0 Å². The Hall–Kier alpha value is -6.60. The average molecular weight is 764 g/mol. The maximum Gasteiger partial charge on any atom is 0.230 e. The summed E-state index contributed by atoms with van der Waals surface area (Å²) in [5, 5.41) is 0. The van der Waals surface area contributed by atoms with Gasteiger partial charge < -0.3 is 33.9 Å². The number of allylic oxidation sites excluding steroid dienone is 4. The molecule has 58 heavy (non-hydrogen) atoms. The van der Waals surface area contributed by atoms with E-state index in [4.69, 9.17) is 18.9 Å². The molecule has 0 amide bonds. The smallest absolute Gasteiger partial charge is 0.230 e. The lowest BCUT2D eigenvalue weighted by Gasteiger charge is -2.37. The molecule has 6 heterocycles. The third-order valence-corrected chi connectivity index (χ3v) is 14.0. The van der Waals surface area contributed by atoms with Crippen LogP contribution in [0.4, 0.5) is 0 Å². The van der Waals surface area contributed by atoms with Crippen LogP contribution in [0, 0.1) is 0 Å². The lowest BCUT2D eigenvalue weighted by atomic mass is 9.68. The van der Waals surface area contributed by atoms with Crippen LogP contribution in [-0.2, 0) is 21.7 Å². The second-order valence-corrected chi connectivity index (χ2v) is 16.8. The van der Waals surface area contributed by atoms with Gasteiger partial charge in [0.05, 0.1) is 21.7 Å². The van der Waals surface area contributed by atoms with E-state index in [1.54, 1.807) is 0 Å². The number of fused-ring (bicyclic) bond motifs is 20. The summed E-state index contributed by atoms with van der Waals surface area (Å²) in [4.78, 5) is 12.2. The van der Waals surface area contributed by atoms with Crippen molar-refractivity contribution in [2.75, 3.05) is 13.6 Å². The first kappa shape index (κ1) is 34.6. The summed E-state index contributed by atoms with van der Waals surface area (Å²) in [5.74, 6) is 2.99. The Morgan fingerprint density at radius 3 is 0.948 bits per heavy atom. The average Bonchev–Trinajstić information content (AvgIpc) is 4.10. The highest BCUT2D eigenvalue weighted by Crippen LogP contribution is 2.52. The van der Waals surface area contributed by atoms with Crippen molar-refractivity contribution in [3.63, 3.8) is 0 Å². The van der Waals surface area contributed by atoms with Crippen LogP contribution in [0.25, 0.3) is 0 Å². The fourth-order valence-corrected chi connectivity index (χ4v) is 10.0. The Labute approximate surface area is 338 Å². The fourth-order valence-electron chi connectivity index (χ4n) is 10.0. The molecule has 0 fully saturated rings. The normalized spacial score (nSPS) is 25.4. The molecule has 0 radical (unpaired) electrons. The van der Waals surface area contributed by atoms with Gasteiger partial charge in [-0.1, -0.05) is 60.7 Å². The molecule has 3 aliphatic heterocycles. The van der Waals surface area contributed by atoms with Gasteiger partial charge in [0.2, 0.25) is 13.6 Å². The molecular formula is C51H45N3O4. The number of aromatic amines is 3. The molecule has 4 aromatic carbocycles. The van der Waals surface area contributed by atoms with Crippen LogP contribution < -0.4 is 18.9 Å². The highest BCUT2D eigenvalue weighted by atomic mass is 16.7. The SMILES string of the molecule is CC12C3=CC=C(C3)C3(C)c4cccc(c4)OCOc4cccc(c4)C(C)(c4ccc3[nH]4)c3ccc([nH]3)C(C)(c3cccc(c3)OCOc3cccc1c3)c1ccc2[nH]1. The first-order chi connectivity index (χ1) is 28.2. The van der Waals surface area contributed by atoms with Crippen molar-refractivity contribution in [3.05, 3.63) is 213 Å². The Morgan fingerprint density at radius 1 is 0.362 bits per heavy atom. The molecule has 0 saturated carbocycles. The van der Waals surface area contributed by atoms with Crippen LogP contribution in [0.5, 0.6) is 23.0 Å². The Kier molecular flexibility index (Phi) is 7.43. The molecular weight excluding hydrogens is 719 g/mol. The maximum atomic E-state index is 6.31. The summed E-state index contributed by atoms with van der Waals surface area (Å²) < 4.78 is 25.2. The van der Waals surface area contributed by atoms with Crippen molar-refractivity contribution in [2.45, 2.75) is 55.8 Å². The van der Waals surface area contributed by atoms with Gasteiger partial charge in [0.25, 0.3) is 0 Å². The molecule has 0 spiro atoms. The van der Waals surface area contributed by atoms with Gasteiger partial charge in [-0.05, 0) is 152 Å². The molecule has 288 valence electrons. The first-order valence-electron chi connectivity index (χ1n) is 20.1. The monoisotopic (exact) mass is 763 g/mol. The summed E-state index contributed by atoms with van der Waals surface area (Å²) >= 11 is 0. The van der Waals surface area contributed by atoms with Crippen molar-refractivity contribution in [1.29, 1.82) is 0 Å². The first-order valence-corrected chi connectivity index (χ1v) is 20.1. The molecule has 7 aromatic rings. The largest absolute Gasteiger partial charge is 0.457 e. The predicted octanol–water partition coefficient (Wildman–Crippen LogP) is 10.7. The van der Waals surface area contributed by atoms with Gasteiger partial charge in [-0.2, -0.15) is 0 Å². The molecule has 11 rings (SSSR count). The number of aromatic nitrogens is 3. The number of hydrogen-bond acceptors (Lipinski definition) is 4. The molecule has 4 unspecified atom stereocenters. The maximum absolute atomic E-state index is 6.31. The number of H-pyrrole nitrogens is 3. The number of ether oxygens (including phenoxy) is 4. The molecule has 4 atom stereocenters. The van der Waals surface area contributed by atoms with Crippen molar-refractivity contribution < 1.29 is 18.9 Å². The zero-order valence-electron chi connectivity index (χ0n) is 33.1. The van der Waals surface area contributed by atoms with Crippen molar-refractivity contribution >= 4 is 0 Å². The van der Waals surface area contributed by atoms with E-state index in [0.717, 1.165) is 85.8 Å².